The van der Waals surface area contributed by atoms with Gasteiger partial charge in [-0.3, -0.25) is 0 Å². The van der Waals surface area contributed by atoms with Crippen LogP contribution in [0.4, 0.5) is 0 Å². The molecule has 1 aromatic rings. The Morgan fingerprint density at radius 2 is 2.24 bits per heavy atom. The van der Waals surface area contributed by atoms with Crippen LogP contribution < -0.4 is 5.32 Å². The predicted octanol–water partition coefficient (Wildman–Crippen LogP) is 1.63. The van der Waals surface area contributed by atoms with Crippen molar-refractivity contribution in [3.05, 3.63) is 17.3 Å². The van der Waals surface area contributed by atoms with E-state index in [-0.39, 0.29) is 0 Å². The van der Waals surface area contributed by atoms with Crippen LogP contribution in [-0.2, 0) is 4.74 Å². The van der Waals surface area contributed by atoms with Crippen LogP contribution in [0.5, 0.6) is 0 Å². The number of nitrogens with one attached hydrogen (secondary N) is 1. The Hall–Kier alpha value is -1.36. The third kappa shape index (κ3) is 2.66. The molecular formula is C12H18N2O3. The van der Waals surface area contributed by atoms with Crippen molar-refractivity contribution in [2.45, 2.75) is 32.6 Å². The molecule has 5 nitrogen and oxygen atoms in total. The molecule has 5 heteroatoms. The number of oxazole rings is 1. The molecule has 0 aromatic carbocycles. The third-order valence-corrected chi connectivity index (χ3v) is 2.97. The first-order valence-electron chi connectivity index (χ1n) is 6.07. The molecule has 1 aliphatic heterocycles. The molecule has 17 heavy (non-hydrogen) atoms. The summed E-state index contributed by atoms with van der Waals surface area (Å²) in [5.41, 5.74) is 0.320. The normalized spacial score (nSPS) is 17.1. The van der Waals surface area contributed by atoms with Gasteiger partial charge in [0.1, 0.15) is 5.76 Å². The summed E-state index contributed by atoms with van der Waals surface area (Å²) < 4.78 is 10.5. The Bertz CT molecular complexity index is 394. The van der Waals surface area contributed by atoms with Gasteiger partial charge in [0.2, 0.25) is 0 Å². The molecule has 0 unspecified atom stereocenters. The Labute approximate surface area is 101 Å². The van der Waals surface area contributed by atoms with Crippen LogP contribution in [-0.4, -0.2) is 30.6 Å². The number of aryl methyl sites for hydroxylation is 1. The lowest BCUT2D eigenvalue weighted by molar-refractivity contribution is 0.0518. The third-order valence-electron chi connectivity index (χ3n) is 2.97. The minimum atomic E-state index is -0.395. The molecule has 1 aliphatic rings. The maximum absolute atomic E-state index is 11.6. The molecule has 2 heterocycles. The smallest absolute Gasteiger partial charge is 0.360 e. The highest BCUT2D eigenvalue weighted by Gasteiger charge is 2.24. The molecule has 0 radical (unpaired) electrons. The van der Waals surface area contributed by atoms with Crippen molar-refractivity contribution in [2.24, 2.45) is 0 Å². The number of carbonyl (C=O) groups excluding carboxylic acids is 1. The summed E-state index contributed by atoms with van der Waals surface area (Å²) in [6.07, 6.45) is 2.00. The average molecular weight is 238 g/mol. The number of ether oxygens (including phenoxy) is 1. The topological polar surface area (TPSA) is 64.4 Å². The highest BCUT2D eigenvalue weighted by Crippen LogP contribution is 2.26. The summed E-state index contributed by atoms with van der Waals surface area (Å²) in [6, 6.07) is 0. The minimum absolute atomic E-state index is 0.318. The number of carbonyl (C=O) groups is 1. The fraction of sp³-hybridized carbons (Fsp3) is 0.667. The Morgan fingerprint density at radius 1 is 1.53 bits per heavy atom. The van der Waals surface area contributed by atoms with E-state index in [1.807, 2.05) is 0 Å². The monoisotopic (exact) mass is 238 g/mol. The molecule has 0 spiro atoms. The summed E-state index contributed by atoms with van der Waals surface area (Å²) in [5.74, 6) is 1.15. The van der Waals surface area contributed by atoms with Crippen molar-refractivity contribution >= 4 is 5.97 Å². The van der Waals surface area contributed by atoms with Crippen LogP contribution in [0, 0.1) is 6.92 Å². The largest absolute Gasteiger partial charge is 0.461 e. The zero-order chi connectivity index (χ0) is 12.3. The van der Waals surface area contributed by atoms with Crippen molar-refractivity contribution in [1.29, 1.82) is 0 Å². The Balaban J connectivity index is 2.14. The van der Waals surface area contributed by atoms with E-state index in [4.69, 9.17) is 9.15 Å². The lowest BCUT2D eigenvalue weighted by atomic mass is 9.98. The Morgan fingerprint density at radius 3 is 2.88 bits per heavy atom. The lowest BCUT2D eigenvalue weighted by Crippen LogP contribution is -2.26. The number of aromatic nitrogens is 1. The maximum atomic E-state index is 11.6. The minimum Gasteiger partial charge on any atom is -0.461 e. The average Bonchev–Trinajstić information content (AvgIpc) is 2.73. The van der Waals surface area contributed by atoms with Gasteiger partial charge >= 0.3 is 5.97 Å². The van der Waals surface area contributed by atoms with Gasteiger partial charge in [0, 0.05) is 5.92 Å². The van der Waals surface area contributed by atoms with Crippen molar-refractivity contribution < 1.29 is 13.9 Å². The molecule has 0 atom stereocenters. The van der Waals surface area contributed by atoms with Gasteiger partial charge in [-0.15, -0.1) is 0 Å². The van der Waals surface area contributed by atoms with Crippen molar-refractivity contribution in [3.8, 4) is 0 Å². The van der Waals surface area contributed by atoms with Crippen molar-refractivity contribution in [2.75, 3.05) is 19.7 Å². The summed E-state index contributed by atoms with van der Waals surface area (Å²) in [5, 5.41) is 3.29. The second kappa shape index (κ2) is 5.31. The molecule has 1 aromatic heterocycles. The van der Waals surface area contributed by atoms with Crippen LogP contribution in [0.25, 0.3) is 0 Å². The van der Waals surface area contributed by atoms with Crippen LogP contribution >= 0.6 is 0 Å². The molecule has 0 saturated carbocycles. The van der Waals surface area contributed by atoms with Gasteiger partial charge in [-0.2, -0.15) is 0 Å². The molecule has 94 valence electrons. The summed E-state index contributed by atoms with van der Waals surface area (Å²) in [4.78, 5) is 15.9. The predicted molar refractivity (Wildman–Crippen MR) is 62.0 cm³/mol. The van der Waals surface area contributed by atoms with Gasteiger partial charge in [0.25, 0.3) is 0 Å². The fourth-order valence-corrected chi connectivity index (χ4v) is 2.05. The van der Waals surface area contributed by atoms with E-state index < -0.39 is 5.97 Å². The second-order valence-corrected chi connectivity index (χ2v) is 4.20. The van der Waals surface area contributed by atoms with Gasteiger partial charge < -0.3 is 14.5 Å². The second-order valence-electron chi connectivity index (χ2n) is 4.20. The van der Waals surface area contributed by atoms with Gasteiger partial charge in [-0.05, 0) is 39.8 Å². The van der Waals surface area contributed by atoms with Crippen LogP contribution in [0.3, 0.4) is 0 Å². The van der Waals surface area contributed by atoms with Gasteiger partial charge in [0.05, 0.1) is 6.61 Å². The molecule has 1 fully saturated rings. The van der Waals surface area contributed by atoms with E-state index in [0.717, 1.165) is 25.9 Å². The zero-order valence-corrected chi connectivity index (χ0v) is 10.3. The molecule has 2 rings (SSSR count). The zero-order valence-electron chi connectivity index (χ0n) is 10.3. The molecule has 0 aliphatic carbocycles. The first-order chi connectivity index (χ1) is 8.22. The van der Waals surface area contributed by atoms with Crippen molar-refractivity contribution in [1.82, 2.24) is 10.3 Å². The summed E-state index contributed by atoms with van der Waals surface area (Å²) in [7, 11) is 0. The summed E-state index contributed by atoms with van der Waals surface area (Å²) >= 11 is 0. The van der Waals surface area contributed by atoms with E-state index in [2.05, 4.69) is 10.3 Å². The van der Waals surface area contributed by atoms with Crippen LogP contribution in [0.1, 0.15) is 47.8 Å². The van der Waals surface area contributed by atoms with E-state index in [1.165, 1.54) is 0 Å². The molecular weight excluding hydrogens is 220 g/mol. The number of piperidine rings is 1. The standard InChI is InChI=1S/C12H18N2O3/c1-3-16-12(15)10-8(2)17-11(14-10)9-4-6-13-7-5-9/h9,13H,3-7H2,1-2H3. The molecule has 0 amide bonds. The molecule has 1 N–H and O–H groups in total. The molecule has 1 saturated heterocycles. The van der Waals surface area contributed by atoms with E-state index in [0.29, 0.717) is 29.9 Å². The number of hydrogen-bond acceptors (Lipinski definition) is 5. The first-order valence-corrected chi connectivity index (χ1v) is 6.07. The van der Waals surface area contributed by atoms with Crippen LogP contribution in [0.2, 0.25) is 0 Å². The van der Waals surface area contributed by atoms with Crippen LogP contribution in [0.15, 0.2) is 4.42 Å². The fourth-order valence-electron chi connectivity index (χ4n) is 2.05. The Kier molecular flexibility index (Phi) is 3.78. The van der Waals surface area contributed by atoms with Gasteiger partial charge in [-0.1, -0.05) is 0 Å². The number of nitrogens with zero attached hydrogens (tertiary/aromatic N) is 1. The first kappa shape index (κ1) is 12.1. The van der Waals surface area contributed by atoms with Gasteiger partial charge in [-0.25, -0.2) is 9.78 Å². The number of hydrogen-bond donors (Lipinski definition) is 1. The highest BCUT2D eigenvalue weighted by molar-refractivity contribution is 5.88. The highest BCUT2D eigenvalue weighted by atomic mass is 16.5. The quantitative estimate of drug-likeness (QED) is 0.811. The van der Waals surface area contributed by atoms with Crippen molar-refractivity contribution in [3.63, 3.8) is 0 Å². The van der Waals surface area contributed by atoms with E-state index >= 15 is 0 Å². The molecule has 0 bridgehead atoms. The SMILES string of the molecule is CCOC(=O)c1nc(C2CCNCC2)oc1C. The van der Waals surface area contributed by atoms with Gasteiger partial charge in [0.15, 0.2) is 11.6 Å². The lowest BCUT2D eigenvalue weighted by Gasteiger charge is -2.19. The maximum Gasteiger partial charge on any atom is 0.360 e. The number of esters is 1. The van der Waals surface area contributed by atoms with E-state index in [1.54, 1.807) is 13.8 Å². The van der Waals surface area contributed by atoms with E-state index in [9.17, 15) is 4.79 Å². The number of rotatable bonds is 3. The summed E-state index contributed by atoms with van der Waals surface area (Å²) in [6.45, 7) is 5.83.